The Morgan fingerprint density at radius 2 is 1.84 bits per heavy atom. The lowest BCUT2D eigenvalue weighted by molar-refractivity contribution is 0.170. The Hall–Kier alpha value is -2.93. The summed E-state index contributed by atoms with van der Waals surface area (Å²) in [6.07, 6.45) is 2.84. The van der Waals surface area contributed by atoms with Gasteiger partial charge >= 0.3 is 5.63 Å². The van der Waals surface area contributed by atoms with Crippen molar-refractivity contribution in [3.63, 3.8) is 0 Å². The van der Waals surface area contributed by atoms with E-state index < -0.39 is 0 Å². The Morgan fingerprint density at radius 1 is 1.10 bits per heavy atom. The van der Waals surface area contributed by atoms with Crippen molar-refractivity contribution in [3.8, 4) is 17.2 Å². The first kappa shape index (κ1) is 20.0. The van der Waals surface area contributed by atoms with Gasteiger partial charge in [-0.15, -0.1) is 0 Å². The van der Waals surface area contributed by atoms with Crippen LogP contribution in [0.4, 0.5) is 0 Å². The first-order valence-corrected chi connectivity index (χ1v) is 10.8. The number of ether oxygens (including phenoxy) is 3. The number of aryl methyl sites for hydroxylation is 2. The van der Waals surface area contributed by atoms with Crippen molar-refractivity contribution in [2.45, 2.75) is 20.3 Å². The van der Waals surface area contributed by atoms with Crippen LogP contribution in [0.2, 0.25) is 0 Å². The third-order valence-electron chi connectivity index (χ3n) is 6.08. The van der Waals surface area contributed by atoms with Crippen LogP contribution in [0.1, 0.15) is 27.8 Å². The van der Waals surface area contributed by atoms with E-state index in [2.05, 4.69) is 39.9 Å². The van der Waals surface area contributed by atoms with Crippen molar-refractivity contribution in [1.29, 1.82) is 0 Å². The molecule has 0 saturated heterocycles. The molecule has 6 nitrogen and oxygen atoms in total. The number of fused-ring (bicyclic) bond motifs is 3. The van der Waals surface area contributed by atoms with Gasteiger partial charge in [0.15, 0.2) is 11.5 Å². The van der Waals surface area contributed by atoms with E-state index >= 15 is 0 Å². The van der Waals surface area contributed by atoms with Gasteiger partial charge in [0.1, 0.15) is 5.58 Å². The van der Waals surface area contributed by atoms with Gasteiger partial charge in [0.05, 0.1) is 11.6 Å². The van der Waals surface area contributed by atoms with Crippen LogP contribution < -0.4 is 19.8 Å². The van der Waals surface area contributed by atoms with Crippen molar-refractivity contribution < 1.29 is 18.6 Å². The maximum absolute atomic E-state index is 12.4. The number of hydrogen-bond acceptors (Lipinski definition) is 6. The fourth-order valence-corrected chi connectivity index (χ4v) is 4.99. The van der Waals surface area contributed by atoms with Crippen molar-refractivity contribution in [2.24, 2.45) is 0 Å². The molecule has 31 heavy (non-hydrogen) atoms. The number of halogens is 1. The zero-order chi connectivity index (χ0) is 21.9. The maximum atomic E-state index is 12.4. The molecule has 2 aliphatic rings. The average Bonchev–Trinajstić information content (AvgIpc) is 3.15. The molecule has 0 N–H and O–H groups in total. The van der Waals surface area contributed by atoms with Gasteiger partial charge in [-0.05, 0) is 71.1 Å². The zero-order valence-electron chi connectivity index (χ0n) is 17.8. The minimum Gasteiger partial charge on any atom is -0.492 e. The summed E-state index contributed by atoms with van der Waals surface area (Å²) in [5.41, 5.74) is 6.20. The Morgan fingerprint density at radius 3 is 2.61 bits per heavy atom. The summed E-state index contributed by atoms with van der Waals surface area (Å²) in [6, 6.07) is 5.57. The molecule has 7 heteroatoms. The molecule has 2 aromatic carbocycles. The molecule has 0 spiro atoms. The average molecular weight is 484 g/mol. The maximum Gasteiger partial charge on any atom is 0.336 e. The van der Waals surface area contributed by atoms with Crippen LogP contribution in [0.5, 0.6) is 17.2 Å². The lowest BCUT2D eigenvalue weighted by Gasteiger charge is -2.22. The first-order valence-electron chi connectivity index (χ1n) is 10.0. The van der Waals surface area contributed by atoms with Crippen LogP contribution >= 0.6 is 15.9 Å². The first-order chi connectivity index (χ1) is 14.9. The van der Waals surface area contributed by atoms with Crippen molar-refractivity contribution in [1.82, 2.24) is 4.90 Å². The van der Waals surface area contributed by atoms with Crippen LogP contribution in [0.15, 0.2) is 31.9 Å². The van der Waals surface area contributed by atoms with Crippen molar-refractivity contribution >= 4 is 38.7 Å². The molecule has 0 bridgehead atoms. The van der Waals surface area contributed by atoms with E-state index in [1.165, 1.54) is 0 Å². The molecular formula is C24H22BrNO5. The topological polar surface area (TPSA) is 61.1 Å². The summed E-state index contributed by atoms with van der Waals surface area (Å²) >= 11 is 3.71. The molecule has 0 saturated carbocycles. The highest BCUT2D eigenvalue weighted by atomic mass is 79.9. The largest absolute Gasteiger partial charge is 0.492 e. The number of methoxy groups -OCH3 is 1. The van der Waals surface area contributed by atoms with E-state index in [-0.39, 0.29) is 12.4 Å². The smallest absolute Gasteiger partial charge is 0.336 e. The molecular weight excluding hydrogens is 462 g/mol. The lowest BCUT2D eigenvalue weighted by Crippen LogP contribution is -2.19. The fourth-order valence-electron chi connectivity index (χ4n) is 4.28. The highest BCUT2D eigenvalue weighted by Crippen LogP contribution is 2.52. The van der Waals surface area contributed by atoms with Gasteiger partial charge in [-0.3, -0.25) is 0 Å². The highest BCUT2D eigenvalue weighted by Gasteiger charge is 2.31. The molecule has 0 atom stereocenters. The third kappa shape index (κ3) is 3.10. The molecule has 5 rings (SSSR count). The minimum absolute atomic E-state index is 0.159. The van der Waals surface area contributed by atoms with Gasteiger partial charge in [-0.2, -0.15) is 0 Å². The number of nitrogens with zero attached hydrogens (tertiary/aromatic N) is 1. The van der Waals surface area contributed by atoms with Gasteiger partial charge in [0.25, 0.3) is 0 Å². The lowest BCUT2D eigenvalue weighted by atomic mass is 9.98. The van der Waals surface area contributed by atoms with Crippen molar-refractivity contribution in [2.75, 3.05) is 27.5 Å². The monoisotopic (exact) mass is 483 g/mol. The summed E-state index contributed by atoms with van der Waals surface area (Å²) in [7, 11) is 3.66. The number of benzene rings is 2. The van der Waals surface area contributed by atoms with Crippen LogP contribution in [0, 0.1) is 13.8 Å². The third-order valence-corrected chi connectivity index (χ3v) is 6.92. The molecule has 1 aromatic heterocycles. The molecule has 3 aromatic rings. The summed E-state index contributed by atoms with van der Waals surface area (Å²) in [5.74, 6) is 1.90. The number of likely N-dealkylation sites (N-methyl/N-ethyl adjacent to an activating group) is 1. The van der Waals surface area contributed by atoms with E-state index in [1.54, 1.807) is 13.2 Å². The van der Waals surface area contributed by atoms with Gasteiger partial charge in [0, 0.05) is 41.9 Å². The molecule has 0 unspecified atom stereocenters. The van der Waals surface area contributed by atoms with Gasteiger partial charge < -0.3 is 23.5 Å². The molecule has 0 fully saturated rings. The van der Waals surface area contributed by atoms with Gasteiger partial charge in [-0.25, -0.2) is 4.79 Å². The molecule has 0 radical (unpaired) electrons. The second kappa shape index (κ2) is 7.34. The van der Waals surface area contributed by atoms with Crippen LogP contribution in [-0.4, -0.2) is 32.4 Å². The SMILES string of the molecule is COc1c2c(c(Br)c3c1OCO3)CCN(C)C(c1cc(=O)oc3cc(C)c(C)cc13)=C2. The molecule has 160 valence electrons. The molecule has 2 aliphatic heterocycles. The van der Waals surface area contributed by atoms with Crippen LogP contribution in [0.25, 0.3) is 22.7 Å². The van der Waals surface area contributed by atoms with Crippen LogP contribution in [-0.2, 0) is 6.42 Å². The Kier molecular flexibility index (Phi) is 4.73. The summed E-state index contributed by atoms with van der Waals surface area (Å²) in [5, 5.41) is 0.906. The van der Waals surface area contributed by atoms with E-state index in [4.69, 9.17) is 18.6 Å². The number of hydrogen-bond donors (Lipinski definition) is 0. The second-order valence-electron chi connectivity index (χ2n) is 7.92. The Balaban J connectivity index is 1.83. The Labute approximate surface area is 188 Å². The summed E-state index contributed by atoms with van der Waals surface area (Å²) in [4.78, 5) is 14.6. The minimum atomic E-state index is -0.372. The highest BCUT2D eigenvalue weighted by molar-refractivity contribution is 9.10. The summed E-state index contributed by atoms with van der Waals surface area (Å²) < 4.78 is 23.5. The molecule has 0 amide bonds. The fraction of sp³-hybridized carbons (Fsp3) is 0.292. The van der Waals surface area contributed by atoms with E-state index in [0.717, 1.165) is 56.3 Å². The van der Waals surface area contributed by atoms with E-state index in [9.17, 15) is 4.79 Å². The van der Waals surface area contributed by atoms with E-state index in [1.807, 2.05) is 20.0 Å². The number of rotatable bonds is 2. The van der Waals surface area contributed by atoms with Gasteiger partial charge in [0.2, 0.25) is 12.5 Å². The molecule has 0 aliphatic carbocycles. The zero-order valence-corrected chi connectivity index (χ0v) is 19.4. The molecule has 3 heterocycles. The predicted octanol–water partition coefficient (Wildman–Crippen LogP) is 4.90. The summed E-state index contributed by atoms with van der Waals surface area (Å²) in [6.45, 7) is 4.99. The van der Waals surface area contributed by atoms with Crippen LogP contribution in [0.3, 0.4) is 0 Å². The van der Waals surface area contributed by atoms with Crippen molar-refractivity contribution in [3.05, 3.63) is 60.9 Å². The normalized spacial score (nSPS) is 15.0. The predicted molar refractivity (Wildman–Crippen MR) is 123 cm³/mol. The second-order valence-corrected chi connectivity index (χ2v) is 8.71. The van der Waals surface area contributed by atoms with E-state index in [0.29, 0.717) is 22.8 Å². The van der Waals surface area contributed by atoms with Gasteiger partial charge in [-0.1, -0.05) is 0 Å². The Bertz CT molecular complexity index is 1320. The quantitative estimate of drug-likeness (QED) is 0.483. The standard InChI is InChI=1S/C24H22BrNO5/c1-12-7-16-15(10-20(27)31-19(16)8-13(12)2)18-9-17-14(5-6-26(18)3)21(25)23-24(22(17)28-4)30-11-29-23/h7-10H,5-6,11H2,1-4H3.